The molecule has 1 saturated heterocycles. The number of nitrogens with zero attached hydrogens (tertiary/aromatic N) is 1. The van der Waals surface area contributed by atoms with Crippen molar-refractivity contribution in [3.63, 3.8) is 0 Å². The zero-order valence-corrected chi connectivity index (χ0v) is 37.0. The molecule has 0 unspecified atom stereocenters. The van der Waals surface area contributed by atoms with Crippen LogP contribution in [0.3, 0.4) is 0 Å². The van der Waals surface area contributed by atoms with Crippen LogP contribution in [0.25, 0.3) is 0 Å². The smallest absolute Gasteiger partial charge is 0.220 e. The molecule has 1 rings (SSSR count). The molecule has 0 bridgehead atoms. The number of aliphatic hydroxyl groups is 6. The average molecular weight is 817 g/mol. The fourth-order valence-electron chi connectivity index (χ4n) is 7.91. The van der Waals surface area contributed by atoms with Crippen LogP contribution in [-0.4, -0.2) is 123 Å². The van der Waals surface area contributed by atoms with Crippen molar-refractivity contribution in [2.45, 2.75) is 256 Å². The van der Waals surface area contributed by atoms with E-state index in [0.29, 0.717) is 12.8 Å². The van der Waals surface area contributed by atoms with E-state index < -0.39 is 55.6 Å². The topological polar surface area (TPSA) is 172 Å². The molecule has 0 aromatic heterocycles. The highest BCUT2D eigenvalue weighted by molar-refractivity contribution is 5.76. The lowest BCUT2D eigenvalue weighted by molar-refractivity contribution is -0.303. The zero-order chi connectivity index (χ0) is 41.9. The maximum Gasteiger partial charge on any atom is 0.220 e. The summed E-state index contributed by atoms with van der Waals surface area (Å²) in [4.78, 5) is 15.8. The van der Waals surface area contributed by atoms with Gasteiger partial charge in [-0.1, -0.05) is 168 Å². The van der Waals surface area contributed by atoms with E-state index in [1.165, 1.54) is 129 Å². The first kappa shape index (κ1) is 54.1. The number of ether oxygens (including phenoxy) is 2. The predicted molar refractivity (Wildman–Crippen MR) is 231 cm³/mol. The highest BCUT2D eigenvalue weighted by Gasteiger charge is 2.44. The van der Waals surface area contributed by atoms with Gasteiger partial charge in [-0.05, 0) is 51.7 Å². The van der Waals surface area contributed by atoms with E-state index in [4.69, 9.17) is 9.47 Å². The third-order valence-corrected chi connectivity index (χ3v) is 11.8. The first-order valence-corrected chi connectivity index (χ1v) is 24.0. The van der Waals surface area contributed by atoms with Crippen molar-refractivity contribution in [2.24, 2.45) is 0 Å². The van der Waals surface area contributed by atoms with Gasteiger partial charge in [0.2, 0.25) is 5.91 Å². The summed E-state index contributed by atoms with van der Waals surface area (Å²) in [5.41, 5.74) is 0. The molecule has 8 atom stereocenters. The minimum Gasteiger partial charge on any atom is -0.394 e. The molecule has 11 nitrogen and oxygen atoms in total. The lowest BCUT2D eigenvalue weighted by Gasteiger charge is -2.40. The van der Waals surface area contributed by atoms with E-state index in [2.05, 4.69) is 31.0 Å². The number of rotatable bonds is 40. The second-order valence-electron chi connectivity index (χ2n) is 17.1. The van der Waals surface area contributed by atoms with Gasteiger partial charge in [0, 0.05) is 6.42 Å². The van der Waals surface area contributed by atoms with E-state index in [-0.39, 0.29) is 18.9 Å². The molecule has 11 heteroatoms. The van der Waals surface area contributed by atoms with E-state index in [9.17, 15) is 35.4 Å². The van der Waals surface area contributed by atoms with Gasteiger partial charge in [0.15, 0.2) is 6.29 Å². The predicted octanol–water partition coefficient (Wildman–Crippen LogP) is 7.68. The molecule has 0 aromatic carbocycles. The second-order valence-corrected chi connectivity index (χ2v) is 17.1. The van der Waals surface area contributed by atoms with E-state index in [0.717, 1.165) is 57.9 Å². The number of carbonyl (C=O) groups excluding carboxylic acids is 1. The summed E-state index contributed by atoms with van der Waals surface area (Å²) in [6.07, 6.45) is 23.3. The molecule has 7 N–H and O–H groups in total. The summed E-state index contributed by atoms with van der Waals surface area (Å²) in [5.74, 6) is -0.258. The van der Waals surface area contributed by atoms with E-state index in [1.54, 1.807) is 0 Å². The third-order valence-electron chi connectivity index (χ3n) is 11.8. The Labute approximate surface area is 349 Å². The molecular weight excluding hydrogens is 725 g/mol. The average Bonchev–Trinajstić information content (AvgIpc) is 3.21. The van der Waals surface area contributed by atoms with Crippen LogP contribution < -0.4 is 5.32 Å². The van der Waals surface area contributed by atoms with Crippen LogP contribution >= 0.6 is 0 Å². The summed E-state index contributed by atoms with van der Waals surface area (Å²) < 4.78 is 11.2. The molecule has 1 heterocycles. The van der Waals surface area contributed by atoms with Crippen LogP contribution in [0.1, 0.15) is 207 Å². The van der Waals surface area contributed by atoms with Gasteiger partial charge < -0.3 is 50.3 Å². The van der Waals surface area contributed by atoms with Gasteiger partial charge in [-0.15, -0.1) is 0 Å². The van der Waals surface area contributed by atoms with Crippen LogP contribution in [0.15, 0.2) is 0 Å². The molecule has 1 amide bonds. The van der Waals surface area contributed by atoms with Crippen molar-refractivity contribution in [3.8, 4) is 0 Å². The molecule has 1 fully saturated rings. The molecule has 0 spiro atoms. The van der Waals surface area contributed by atoms with Gasteiger partial charge in [0.25, 0.3) is 0 Å². The Kier molecular flexibility index (Phi) is 35.1. The first-order valence-electron chi connectivity index (χ1n) is 24.0. The molecular formula is C46H92N2O9. The fraction of sp³-hybridized carbons (Fsp3) is 0.978. The van der Waals surface area contributed by atoms with Gasteiger partial charge >= 0.3 is 0 Å². The van der Waals surface area contributed by atoms with Crippen LogP contribution in [0, 0.1) is 0 Å². The fourth-order valence-corrected chi connectivity index (χ4v) is 7.91. The number of carbonyl (C=O) groups is 1. The van der Waals surface area contributed by atoms with Gasteiger partial charge in [0.1, 0.15) is 30.5 Å². The number of nitrogens with one attached hydrogen (secondary N) is 1. The normalized spacial score (nSPS) is 21.5. The van der Waals surface area contributed by atoms with Crippen LogP contribution in [0.5, 0.6) is 0 Å². The number of amides is 1. The molecule has 0 aliphatic carbocycles. The van der Waals surface area contributed by atoms with Crippen molar-refractivity contribution in [1.29, 1.82) is 0 Å². The monoisotopic (exact) mass is 817 g/mol. The summed E-state index contributed by atoms with van der Waals surface area (Å²) in [6, 6.07) is -0.993. The standard InChI is InChI=1S/C46H92N2O9/c1-4-7-10-13-14-15-16-17-18-19-21-26-31-39(50)42(52)38(37-56-46-45(55)44(54)43(53)40(36-49)57-46)47-41(51)32-27-22-20-25-30-35-48(33-28-23-11-8-5-2)34-29-24-12-9-6-3/h38-40,42-46,49-50,52-55H,4-37H2,1-3H3,(H,47,51)/t38-,39+,40+,42-,43-,44-,45+,46-/m0/s1. The van der Waals surface area contributed by atoms with Gasteiger partial charge in [-0.25, -0.2) is 0 Å². The molecule has 1 aliphatic rings. The van der Waals surface area contributed by atoms with Crippen LogP contribution in [0.2, 0.25) is 0 Å². The molecule has 57 heavy (non-hydrogen) atoms. The largest absolute Gasteiger partial charge is 0.394 e. The molecule has 0 aromatic rings. The lowest BCUT2D eigenvalue weighted by atomic mass is 9.98. The maximum absolute atomic E-state index is 13.1. The summed E-state index contributed by atoms with van der Waals surface area (Å²) in [6.45, 7) is 9.38. The SMILES string of the molecule is CCCCCCCCCCCCCC[C@@H](O)[C@@H](O)[C@H](CO[C@H]1O[C@H](CO)[C@H](O)[C@H](O)[C@H]1O)NC(=O)CCCCCCCN(CCCCCCC)CCCCCCC. The maximum atomic E-state index is 13.1. The summed E-state index contributed by atoms with van der Waals surface area (Å²) >= 11 is 0. The zero-order valence-electron chi connectivity index (χ0n) is 37.0. The summed E-state index contributed by atoms with van der Waals surface area (Å²) in [5, 5.41) is 65.4. The van der Waals surface area contributed by atoms with Crippen molar-refractivity contribution in [1.82, 2.24) is 10.2 Å². The van der Waals surface area contributed by atoms with Crippen LogP contribution in [0.4, 0.5) is 0 Å². The third kappa shape index (κ3) is 26.8. The molecule has 0 saturated carbocycles. The van der Waals surface area contributed by atoms with Crippen molar-refractivity contribution in [3.05, 3.63) is 0 Å². The number of hydrogen-bond donors (Lipinski definition) is 7. The lowest BCUT2D eigenvalue weighted by Crippen LogP contribution is -2.60. The molecule has 1 aliphatic heterocycles. The van der Waals surface area contributed by atoms with Crippen LogP contribution in [-0.2, 0) is 14.3 Å². The van der Waals surface area contributed by atoms with Crippen molar-refractivity contribution in [2.75, 3.05) is 32.8 Å². The van der Waals surface area contributed by atoms with Gasteiger partial charge in [0.05, 0.1) is 25.4 Å². The van der Waals surface area contributed by atoms with Gasteiger partial charge in [-0.3, -0.25) is 4.79 Å². The molecule has 340 valence electrons. The number of unbranched alkanes of at least 4 members (excludes halogenated alkanes) is 23. The Bertz CT molecular complexity index is 886. The summed E-state index contributed by atoms with van der Waals surface area (Å²) in [7, 11) is 0. The Hall–Kier alpha value is -0.890. The van der Waals surface area contributed by atoms with E-state index in [1.807, 2.05) is 0 Å². The Balaban J connectivity index is 2.55. The highest BCUT2D eigenvalue weighted by atomic mass is 16.7. The number of aliphatic hydroxyl groups excluding tert-OH is 6. The minimum atomic E-state index is -1.61. The Morgan fingerprint density at radius 3 is 1.47 bits per heavy atom. The van der Waals surface area contributed by atoms with E-state index >= 15 is 0 Å². The van der Waals surface area contributed by atoms with Crippen molar-refractivity contribution < 1.29 is 44.9 Å². The minimum absolute atomic E-state index is 0.258. The Morgan fingerprint density at radius 2 is 1.02 bits per heavy atom. The Morgan fingerprint density at radius 1 is 0.596 bits per heavy atom. The molecule has 0 radical (unpaired) electrons. The first-order chi connectivity index (χ1) is 27.7. The van der Waals surface area contributed by atoms with Crippen molar-refractivity contribution >= 4 is 5.91 Å². The second kappa shape index (κ2) is 36.9. The quantitative estimate of drug-likeness (QED) is 0.0304. The highest BCUT2D eigenvalue weighted by Crippen LogP contribution is 2.23. The van der Waals surface area contributed by atoms with Gasteiger partial charge in [-0.2, -0.15) is 0 Å². The number of hydrogen-bond acceptors (Lipinski definition) is 10.